The molecule has 1 heterocycles. The summed E-state index contributed by atoms with van der Waals surface area (Å²) in [5.41, 5.74) is 7.46. The third-order valence-corrected chi connectivity index (χ3v) is 3.82. The largest absolute Gasteiger partial charge is 0.389 e. The zero-order chi connectivity index (χ0) is 12.3. The van der Waals surface area contributed by atoms with Crippen molar-refractivity contribution in [1.29, 1.82) is 0 Å². The molecule has 3 N–H and O–H groups in total. The Hall–Kier alpha value is -0.980. The molecule has 2 aromatic rings. The Kier molecular flexibility index (Phi) is 4.09. The average molecular weight is 328 g/mol. The predicted octanol–water partition coefficient (Wildman–Crippen LogP) is 3.15. The molecule has 6 heteroatoms. The second-order valence-corrected chi connectivity index (χ2v) is 5.58. The van der Waals surface area contributed by atoms with E-state index in [4.69, 9.17) is 18.0 Å². The van der Waals surface area contributed by atoms with Crippen LogP contribution in [0.2, 0.25) is 0 Å². The van der Waals surface area contributed by atoms with E-state index in [2.05, 4.69) is 26.2 Å². The number of nitrogens with two attached hydrogens (primary N) is 1. The molecule has 0 aliphatic heterocycles. The van der Waals surface area contributed by atoms with E-state index < -0.39 is 0 Å². The van der Waals surface area contributed by atoms with Gasteiger partial charge in [-0.05, 0) is 28.1 Å². The maximum absolute atomic E-state index is 5.71. The highest BCUT2D eigenvalue weighted by molar-refractivity contribution is 9.10. The summed E-state index contributed by atoms with van der Waals surface area (Å²) in [5, 5.41) is 6.27. The van der Waals surface area contributed by atoms with Crippen LogP contribution < -0.4 is 11.1 Å². The molecule has 17 heavy (non-hydrogen) atoms. The summed E-state index contributed by atoms with van der Waals surface area (Å²) >= 11 is 10.1. The van der Waals surface area contributed by atoms with Gasteiger partial charge in [0.05, 0.1) is 6.54 Å². The molecule has 0 radical (unpaired) electrons. The quantitative estimate of drug-likeness (QED) is 0.847. The normalized spacial score (nSPS) is 10.2. The molecule has 3 nitrogen and oxygen atoms in total. The van der Waals surface area contributed by atoms with E-state index in [1.54, 1.807) is 17.5 Å². The third-order valence-electron chi connectivity index (χ3n) is 2.17. The van der Waals surface area contributed by atoms with E-state index >= 15 is 0 Å². The van der Waals surface area contributed by atoms with Crippen molar-refractivity contribution in [2.75, 3.05) is 5.32 Å². The van der Waals surface area contributed by atoms with Crippen LogP contribution in [0, 0.1) is 0 Å². The van der Waals surface area contributed by atoms with Crippen molar-refractivity contribution in [2.24, 2.45) is 5.73 Å². The summed E-state index contributed by atoms with van der Waals surface area (Å²) in [5.74, 6) is 0. The van der Waals surface area contributed by atoms with Crippen molar-refractivity contribution in [3.05, 3.63) is 44.8 Å². The minimum absolute atomic E-state index is 0.374. The molecule has 2 rings (SSSR count). The SMILES string of the molecule is NC(=S)c1c(Br)cccc1NCc1nccs1. The molecule has 0 aliphatic carbocycles. The van der Waals surface area contributed by atoms with Gasteiger partial charge in [-0.2, -0.15) is 0 Å². The number of hydrogen-bond acceptors (Lipinski definition) is 4. The first-order valence-electron chi connectivity index (χ1n) is 4.89. The molecule has 0 unspecified atom stereocenters. The highest BCUT2D eigenvalue weighted by Crippen LogP contribution is 2.25. The Morgan fingerprint density at radius 2 is 2.35 bits per heavy atom. The van der Waals surface area contributed by atoms with E-state index in [-0.39, 0.29) is 0 Å². The first-order chi connectivity index (χ1) is 8.18. The number of nitrogens with one attached hydrogen (secondary N) is 1. The highest BCUT2D eigenvalue weighted by atomic mass is 79.9. The molecule has 0 spiro atoms. The molecule has 1 aromatic carbocycles. The maximum atomic E-state index is 5.71. The van der Waals surface area contributed by atoms with Gasteiger partial charge in [0.2, 0.25) is 0 Å². The third kappa shape index (κ3) is 3.02. The number of rotatable bonds is 4. The lowest BCUT2D eigenvalue weighted by Gasteiger charge is -2.11. The lowest BCUT2D eigenvalue weighted by Crippen LogP contribution is -2.14. The first kappa shape index (κ1) is 12.5. The van der Waals surface area contributed by atoms with E-state index in [1.807, 2.05) is 23.6 Å². The summed E-state index contributed by atoms with van der Waals surface area (Å²) in [4.78, 5) is 4.58. The van der Waals surface area contributed by atoms with Gasteiger partial charge in [0.25, 0.3) is 0 Å². The van der Waals surface area contributed by atoms with Gasteiger partial charge in [-0.3, -0.25) is 0 Å². The standard InChI is InChI=1S/C11H10BrN3S2/c12-7-2-1-3-8(10(7)11(13)16)15-6-9-14-4-5-17-9/h1-5,15H,6H2,(H2,13,16). The van der Waals surface area contributed by atoms with Crippen LogP contribution in [-0.4, -0.2) is 9.97 Å². The van der Waals surface area contributed by atoms with Crippen molar-refractivity contribution in [3.8, 4) is 0 Å². The fraction of sp³-hybridized carbons (Fsp3) is 0.0909. The first-order valence-corrected chi connectivity index (χ1v) is 6.97. The molecule has 0 atom stereocenters. The number of thiocarbonyl (C=S) groups is 1. The second kappa shape index (κ2) is 5.57. The number of anilines is 1. The lowest BCUT2D eigenvalue weighted by molar-refractivity contribution is 1.10. The zero-order valence-electron chi connectivity index (χ0n) is 8.81. The van der Waals surface area contributed by atoms with Crippen LogP contribution in [0.1, 0.15) is 10.6 Å². The molecule has 0 bridgehead atoms. The fourth-order valence-corrected chi connectivity index (χ4v) is 2.92. The van der Waals surface area contributed by atoms with Gasteiger partial charge in [-0.1, -0.05) is 18.3 Å². The number of benzene rings is 1. The van der Waals surface area contributed by atoms with Gasteiger partial charge in [0.1, 0.15) is 10.00 Å². The average Bonchev–Trinajstić information content (AvgIpc) is 2.78. The predicted molar refractivity (Wildman–Crippen MR) is 79.5 cm³/mol. The van der Waals surface area contributed by atoms with Crippen LogP contribution in [0.4, 0.5) is 5.69 Å². The summed E-state index contributed by atoms with van der Waals surface area (Å²) in [6.45, 7) is 0.670. The molecule has 1 aromatic heterocycles. The molecular weight excluding hydrogens is 318 g/mol. The van der Waals surface area contributed by atoms with Gasteiger partial charge in [0, 0.05) is 27.3 Å². The molecule has 0 fully saturated rings. The highest BCUT2D eigenvalue weighted by Gasteiger charge is 2.09. The van der Waals surface area contributed by atoms with E-state index in [0.717, 1.165) is 20.7 Å². The van der Waals surface area contributed by atoms with E-state index in [0.29, 0.717) is 11.5 Å². The van der Waals surface area contributed by atoms with E-state index in [1.165, 1.54) is 0 Å². The van der Waals surface area contributed by atoms with Crippen molar-refractivity contribution >= 4 is 50.2 Å². The summed E-state index contributed by atoms with van der Waals surface area (Å²) in [6.07, 6.45) is 1.79. The van der Waals surface area contributed by atoms with E-state index in [9.17, 15) is 0 Å². The van der Waals surface area contributed by atoms with Crippen molar-refractivity contribution in [3.63, 3.8) is 0 Å². The Morgan fingerprint density at radius 1 is 1.53 bits per heavy atom. The van der Waals surface area contributed by atoms with Crippen LogP contribution in [0.5, 0.6) is 0 Å². The number of aromatic nitrogens is 1. The van der Waals surface area contributed by atoms with Crippen molar-refractivity contribution < 1.29 is 0 Å². The molecule has 0 saturated heterocycles. The lowest BCUT2D eigenvalue weighted by atomic mass is 10.2. The number of nitrogens with zero attached hydrogens (tertiary/aromatic N) is 1. The van der Waals surface area contributed by atoms with Crippen LogP contribution in [-0.2, 0) is 6.54 Å². The monoisotopic (exact) mass is 327 g/mol. The van der Waals surface area contributed by atoms with Crippen molar-refractivity contribution in [2.45, 2.75) is 6.54 Å². The molecule has 0 saturated carbocycles. The topological polar surface area (TPSA) is 50.9 Å². The number of thiazole rings is 1. The van der Waals surface area contributed by atoms with Gasteiger partial charge in [-0.15, -0.1) is 11.3 Å². The van der Waals surface area contributed by atoms with Crippen LogP contribution >= 0.6 is 39.5 Å². The Bertz CT molecular complexity index is 526. The Labute approximate surface area is 117 Å². The molecule has 88 valence electrons. The fourth-order valence-electron chi connectivity index (χ4n) is 1.43. The second-order valence-electron chi connectivity index (χ2n) is 3.31. The van der Waals surface area contributed by atoms with Crippen LogP contribution in [0.3, 0.4) is 0 Å². The minimum Gasteiger partial charge on any atom is -0.389 e. The van der Waals surface area contributed by atoms with Gasteiger partial charge in [-0.25, -0.2) is 4.98 Å². The number of halogens is 1. The van der Waals surface area contributed by atoms with Gasteiger partial charge in [0.15, 0.2) is 0 Å². The van der Waals surface area contributed by atoms with Crippen LogP contribution in [0.15, 0.2) is 34.2 Å². The minimum atomic E-state index is 0.374. The molecule has 0 amide bonds. The molecule has 0 aliphatic rings. The summed E-state index contributed by atoms with van der Waals surface area (Å²) in [7, 11) is 0. The number of hydrogen-bond donors (Lipinski definition) is 2. The Balaban J connectivity index is 2.21. The molecular formula is C11H10BrN3S2. The smallest absolute Gasteiger partial charge is 0.112 e. The summed E-state index contributed by atoms with van der Waals surface area (Å²) < 4.78 is 0.897. The zero-order valence-corrected chi connectivity index (χ0v) is 12.0. The van der Waals surface area contributed by atoms with Gasteiger partial charge < -0.3 is 11.1 Å². The Morgan fingerprint density at radius 3 is 3.00 bits per heavy atom. The maximum Gasteiger partial charge on any atom is 0.112 e. The van der Waals surface area contributed by atoms with Gasteiger partial charge >= 0.3 is 0 Å². The summed E-state index contributed by atoms with van der Waals surface area (Å²) in [6, 6.07) is 5.81. The van der Waals surface area contributed by atoms with Crippen molar-refractivity contribution in [1.82, 2.24) is 4.98 Å². The van der Waals surface area contributed by atoms with Crippen LogP contribution in [0.25, 0.3) is 0 Å².